The number of rotatable bonds is 7. The molecular weight excluding hydrogens is 232 g/mol. The Bertz CT molecular complexity index is 418. The van der Waals surface area contributed by atoms with Crippen molar-refractivity contribution in [2.75, 3.05) is 6.54 Å². The fourth-order valence-corrected chi connectivity index (χ4v) is 1.63. The summed E-state index contributed by atoms with van der Waals surface area (Å²) in [5.74, 6) is -0.959. The Hall–Kier alpha value is -1.88. The number of carbonyl (C=O) groups excluding carboxylic acids is 1. The molecule has 0 aliphatic carbocycles. The highest BCUT2D eigenvalue weighted by Gasteiger charge is 2.06. The number of carboxylic acids is 1. The Balaban J connectivity index is 2.37. The average Bonchev–Trinajstić information content (AvgIpc) is 2.35. The highest BCUT2D eigenvalue weighted by Crippen LogP contribution is 2.08. The van der Waals surface area contributed by atoms with E-state index in [1.807, 2.05) is 24.3 Å². The zero-order valence-electron chi connectivity index (χ0n) is 10.2. The summed E-state index contributed by atoms with van der Waals surface area (Å²) >= 11 is 0. The van der Waals surface area contributed by atoms with Crippen LogP contribution in [0.2, 0.25) is 0 Å². The molecule has 0 fully saturated rings. The number of benzene rings is 1. The van der Waals surface area contributed by atoms with Gasteiger partial charge in [0, 0.05) is 19.5 Å². The first-order valence-corrected chi connectivity index (χ1v) is 5.89. The van der Waals surface area contributed by atoms with Gasteiger partial charge in [-0.25, -0.2) is 0 Å². The molecule has 0 unspecified atom stereocenters. The first-order valence-electron chi connectivity index (χ1n) is 5.89. The molecule has 1 rings (SSSR count). The van der Waals surface area contributed by atoms with Gasteiger partial charge in [0.25, 0.3) is 0 Å². The maximum Gasteiger partial charge on any atom is 0.303 e. The van der Waals surface area contributed by atoms with Gasteiger partial charge in [-0.1, -0.05) is 24.3 Å². The molecule has 1 aromatic carbocycles. The smallest absolute Gasteiger partial charge is 0.303 e. The van der Waals surface area contributed by atoms with Crippen LogP contribution in [0.25, 0.3) is 0 Å². The molecule has 0 aromatic heterocycles. The second kappa shape index (κ2) is 7.45. The fourth-order valence-electron chi connectivity index (χ4n) is 1.63. The van der Waals surface area contributed by atoms with Crippen molar-refractivity contribution in [2.45, 2.75) is 25.8 Å². The second-order valence-corrected chi connectivity index (χ2v) is 4.00. The van der Waals surface area contributed by atoms with Crippen LogP contribution in [0.1, 0.15) is 24.0 Å². The van der Waals surface area contributed by atoms with E-state index in [0.717, 1.165) is 11.1 Å². The standard InChI is InChI=1S/C13H18N2O3/c14-9-11-5-2-1-4-10(11)8-12(16)15-7-3-6-13(17)18/h1-2,4-5H,3,6-9,14H2,(H,15,16)(H,17,18). The van der Waals surface area contributed by atoms with E-state index in [4.69, 9.17) is 10.8 Å². The van der Waals surface area contributed by atoms with Crippen LogP contribution in [0.4, 0.5) is 0 Å². The zero-order chi connectivity index (χ0) is 13.4. The Morgan fingerprint density at radius 1 is 1.22 bits per heavy atom. The Labute approximate surface area is 106 Å². The molecular formula is C13H18N2O3. The number of amides is 1. The minimum Gasteiger partial charge on any atom is -0.481 e. The predicted octanol–water partition coefficient (Wildman–Crippen LogP) is 0.669. The first kappa shape index (κ1) is 14.2. The molecule has 0 aliphatic heterocycles. The SMILES string of the molecule is NCc1ccccc1CC(=O)NCCCC(=O)O. The minimum atomic E-state index is -0.849. The molecule has 0 aliphatic rings. The van der Waals surface area contributed by atoms with E-state index in [1.165, 1.54) is 0 Å². The molecule has 0 bridgehead atoms. The van der Waals surface area contributed by atoms with Gasteiger partial charge in [0.15, 0.2) is 0 Å². The number of carboxylic acid groups (broad SMARTS) is 1. The summed E-state index contributed by atoms with van der Waals surface area (Å²) in [6.45, 7) is 0.790. The quantitative estimate of drug-likeness (QED) is 0.620. The van der Waals surface area contributed by atoms with Crippen LogP contribution in [0, 0.1) is 0 Å². The molecule has 0 spiro atoms. The molecule has 1 aromatic rings. The van der Waals surface area contributed by atoms with Gasteiger partial charge in [0.05, 0.1) is 6.42 Å². The third-order valence-electron chi connectivity index (χ3n) is 2.58. The molecule has 0 atom stereocenters. The lowest BCUT2D eigenvalue weighted by Crippen LogP contribution is -2.27. The maximum atomic E-state index is 11.6. The summed E-state index contributed by atoms with van der Waals surface area (Å²) in [5.41, 5.74) is 7.45. The molecule has 5 heteroatoms. The lowest BCUT2D eigenvalue weighted by molar-refractivity contribution is -0.137. The van der Waals surface area contributed by atoms with E-state index in [0.29, 0.717) is 19.5 Å². The number of nitrogens with two attached hydrogens (primary N) is 1. The van der Waals surface area contributed by atoms with Crippen LogP contribution in [0.15, 0.2) is 24.3 Å². The monoisotopic (exact) mass is 250 g/mol. The van der Waals surface area contributed by atoms with Gasteiger partial charge in [0.2, 0.25) is 5.91 Å². The fraction of sp³-hybridized carbons (Fsp3) is 0.385. The third-order valence-corrected chi connectivity index (χ3v) is 2.58. The van der Waals surface area contributed by atoms with Crippen molar-refractivity contribution in [1.29, 1.82) is 0 Å². The third kappa shape index (κ3) is 4.97. The van der Waals surface area contributed by atoms with Crippen molar-refractivity contribution in [3.8, 4) is 0 Å². The van der Waals surface area contributed by atoms with Crippen LogP contribution in [-0.2, 0) is 22.6 Å². The van der Waals surface area contributed by atoms with Crippen molar-refractivity contribution in [2.24, 2.45) is 5.73 Å². The zero-order valence-corrected chi connectivity index (χ0v) is 10.2. The Morgan fingerprint density at radius 3 is 2.50 bits per heavy atom. The average molecular weight is 250 g/mol. The summed E-state index contributed by atoms with van der Waals surface area (Å²) in [5, 5.41) is 11.2. The van der Waals surface area contributed by atoms with Crippen molar-refractivity contribution in [3.63, 3.8) is 0 Å². The van der Waals surface area contributed by atoms with Crippen LogP contribution in [0.3, 0.4) is 0 Å². The van der Waals surface area contributed by atoms with Crippen molar-refractivity contribution in [3.05, 3.63) is 35.4 Å². The van der Waals surface area contributed by atoms with Gasteiger partial charge in [-0.15, -0.1) is 0 Å². The summed E-state index contributed by atoms with van der Waals surface area (Å²) in [6, 6.07) is 7.52. The number of hydrogen-bond acceptors (Lipinski definition) is 3. The van der Waals surface area contributed by atoms with E-state index >= 15 is 0 Å². The van der Waals surface area contributed by atoms with E-state index in [1.54, 1.807) is 0 Å². The molecule has 18 heavy (non-hydrogen) atoms. The molecule has 4 N–H and O–H groups in total. The summed E-state index contributed by atoms with van der Waals surface area (Å²) in [4.78, 5) is 21.9. The van der Waals surface area contributed by atoms with Crippen molar-refractivity contribution >= 4 is 11.9 Å². The molecule has 0 saturated carbocycles. The number of aliphatic carboxylic acids is 1. The number of hydrogen-bond donors (Lipinski definition) is 3. The van der Waals surface area contributed by atoms with Crippen LogP contribution in [0.5, 0.6) is 0 Å². The van der Waals surface area contributed by atoms with E-state index < -0.39 is 5.97 Å². The summed E-state index contributed by atoms with van der Waals surface area (Å²) in [6.07, 6.45) is 0.791. The topological polar surface area (TPSA) is 92.4 Å². The predicted molar refractivity (Wildman–Crippen MR) is 67.9 cm³/mol. The van der Waals surface area contributed by atoms with Gasteiger partial charge >= 0.3 is 5.97 Å². The Morgan fingerprint density at radius 2 is 1.89 bits per heavy atom. The van der Waals surface area contributed by atoms with Crippen molar-refractivity contribution in [1.82, 2.24) is 5.32 Å². The first-order chi connectivity index (χ1) is 8.63. The minimum absolute atomic E-state index is 0.0691. The lowest BCUT2D eigenvalue weighted by Gasteiger charge is -2.08. The van der Waals surface area contributed by atoms with Gasteiger partial charge in [-0.05, 0) is 17.5 Å². The molecule has 1 amide bonds. The van der Waals surface area contributed by atoms with Crippen LogP contribution < -0.4 is 11.1 Å². The lowest BCUT2D eigenvalue weighted by atomic mass is 10.0. The van der Waals surface area contributed by atoms with E-state index in [2.05, 4.69) is 5.32 Å². The molecule has 5 nitrogen and oxygen atoms in total. The van der Waals surface area contributed by atoms with Gasteiger partial charge in [-0.2, -0.15) is 0 Å². The molecule has 0 saturated heterocycles. The Kier molecular flexibility index (Phi) is 5.87. The normalized spacial score (nSPS) is 10.1. The van der Waals surface area contributed by atoms with Gasteiger partial charge in [0.1, 0.15) is 0 Å². The van der Waals surface area contributed by atoms with Crippen LogP contribution in [-0.4, -0.2) is 23.5 Å². The maximum absolute atomic E-state index is 11.6. The molecule has 0 heterocycles. The summed E-state index contributed by atoms with van der Waals surface area (Å²) in [7, 11) is 0. The van der Waals surface area contributed by atoms with Gasteiger partial charge < -0.3 is 16.2 Å². The highest BCUT2D eigenvalue weighted by molar-refractivity contribution is 5.79. The van der Waals surface area contributed by atoms with E-state index in [9.17, 15) is 9.59 Å². The van der Waals surface area contributed by atoms with Gasteiger partial charge in [-0.3, -0.25) is 9.59 Å². The molecule has 0 radical (unpaired) electrons. The van der Waals surface area contributed by atoms with E-state index in [-0.39, 0.29) is 18.7 Å². The highest BCUT2D eigenvalue weighted by atomic mass is 16.4. The summed E-state index contributed by atoms with van der Waals surface area (Å²) < 4.78 is 0. The largest absolute Gasteiger partial charge is 0.481 e. The second-order valence-electron chi connectivity index (χ2n) is 4.00. The van der Waals surface area contributed by atoms with Crippen molar-refractivity contribution < 1.29 is 14.7 Å². The number of nitrogens with one attached hydrogen (secondary N) is 1. The number of carbonyl (C=O) groups is 2. The molecule has 98 valence electrons. The van der Waals surface area contributed by atoms with Crippen LogP contribution >= 0.6 is 0 Å².